The standard InChI is InChI=1S/C27H36N2O3/c30-27(31)24-7-4-18-29(21-24,25-12-16-28-17-13-25)19-14-23-8-10-26(11-9-23)32-20-15-22-5-2-1-3-6-22/h1-3,5-6,8-11,24-25,28H,4,7,12-21H2/p+1. The summed E-state index contributed by atoms with van der Waals surface area (Å²) in [5.41, 5.74) is 2.60. The Labute approximate surface area is 192 Å². The Balaban J connectivity index is 1.34. The Morgan fingerprint density at radius 1 is 0.969 bits per heavy atom. The number of likely N-dealkylation sites (tertiary alicyclic amines) is 1. The van der Waals surface area contributed by atoms with Crippen molar-refractivity contribution in [1.82, 2.24) is 5.32 Å². The summed E-state index contributed by atoms with van der Waals surface area (Å²) in [5.74, 6) is 0.105. The zero-order chi connectivity index (χ0) is 22.2. The van der Waals surface area contributed by atoms with E-state index >= 15 is 0 Å². The molecule has 0 spiro atoms. The lowest BCUT2D eigenvalue weighted by atomic mass is 9.90. The lowest BCUT2D eigenvalue weighted by Gasteiger charge is -2.50. The summed E-state index contributed by atoms with van der Waals surface area (Å²) in [6.07, 6.45) is 6.05. The minimum Gasteiger partial charge on any atom is -0.493 e. The van der Waals surface area contributed by atoms with Crippen LogP contribution >= 0.6 is 0 Å². The van der Waals surface area contributed by atoms with Gasteiger partial charge in [0.1, 0.15) is 11.7 Å². The SMILES string of the molecule is O=C(O)C1CCC[N+](CCc2ccc(OCCc3ccccc3)cc2)(C2CCNCC2)C1. The molecular weight excluding hydrogens is 400 g/mol. The Morgan fingerprint density at radius 2 is 1.69 bits per heavy atom. The van der Waals surface area contributed by atoms with Crippen LogP contribution in [-0.2, 0) is 17.6 Å². The van der Waals surface area contributed by atoms with Crippen LogP contribution in [0.5, 0.6) is 5.75 Å². The van der Waals surface area contributed by atoms with Crippen molar-refractivity contribution in [2.24, 2.45) is 5.92 Å². The largest absolute Gasteiger partial charge is 0.493 e. The van der Waals surface area contributed by atoms with Crippen molar-refractivity contribution in [3.05, 3.63) is 65.7 Å². The molecule has 4 rings (SSSR count). The van der Waals surface area contributed by atoms with Gasteiger partial charge in [-0.3, -0.25) is 4.79 Å². The van der Waals surface area contributed by atoms with Crippen LogP contribution in [0.3, 0.4) is 0 Å². The minimum absolute atomic E-state index is 0.195. The Kier molecular flexibility index (Phi) is 7.82. The van der Waals surface area contributed by atoms with Crippen molar-refractivity contribution in [1.29, 1.82) is 0 Å². The van der Waals surface area contributed by atoms with Gasteiger partial charge in [0.15, 0.2) is 0 Å². The smallest absolute Gasteiger partial charge is 0.312 e. The number of hydrogen-bond acceptors (Lipinski definition) is 3. The molecule has 2 saturated heterocycles. The van der Waals surface area contributed by atoms with Crippen LogP contribution in [0.2, 0.25) is 0 Å². The van der Waals surface area contributed by atoms with E-state index in [0.29, 0.717) is 12.6 Å². The van der Waals surface area contributed by atoms with E-state index in [-0.39, 0.29) is 5.92 Å². The molecule has 2 fully saturated rings. The summed E-state index contributed by atoms with van der Waals surface area (Å²) >= 11 is 0. The van der Waals surface area contributed by atoms with Crippen LogP contribution in [0, 0.1) is 5.92 Å². The minimum atomic E-state index is -0.613. The quantitative estimate of drug-likeness (QED) is 0.584. The summed E-state index contributed by atoms with van der Waals surface area (Å²) in [7, 11) is 0. The molecule has 5 nitrogen and oxygen atoms in total. The van der Waals surface area contributed by atoms with Crippen molar-refractivity contribution in [3.8, 4) is 5.75 Å². The number of rotatable bonds is 9. The number of carboxylic acid groups (broad SMARTS) is 1. The molecule has 0 amide bonds. The van der Waals surface area contributed by atoms with Crippen molar-refractivity contribution in [2.45, 2.75) is 44.6 Å². The molecule has 2 heterocycles. The molecule has 2 atom stereocenters. The molecule has 2 aliphatic heterocycles. The van der Waals surface area contributed by atoms with Gasteiger partial charge < -0.3 is 19.6 Å². The van der Waals surface area contributed by atoms with Crippen molar-refractivity contribution in [3.63, 3.8) is 0 Å². The second kappa shape index (κ2) is 11.0. The second-order valence-electron chi connectivity index (χ2n) is 9.48. The fourth-order valence-electron chi connectivity index (χ4n) is 5.58. The topological polar surface area (TPSA) is 58.6 Å². The number of aliphatic carboxylic acids is 1. The van der Waals surface area contributed by atoms with Gasteiger partial charge in [0.05, 0.1) is 32.3 Å². The van der Waals surface area contributed by atoms with E-state index in [1.165, 1.54) is 11.1 Å². The third-order valence-corrected chi connectivity index (χ3v) is 7.44. The summed E-state index contributed by atoms with van der Waals surface area (Å²) < 4.78 is 6.92. The van der Waals surface area contributed by atoms with E-state index in [0.717, 1.165) is 81.5 Å². The summed E-state index contributed by atoms with van der Waals surface area (Å²) in [4.78, 5) is 11.8. The number of benzene rings is 2. The first-order valence-electron chi connectivity index (χ1n) is 12.2. The first-order valence-corrected chi connectivity index (χ1v) is 12.2. The average molecular weight is 438 g/mol. The van der Waals surface area contributed by atoms with Gasteiger partial charge in [0.2, 0.25) is 0 Å². The molecule has 2 aromatic rings. The van der Waals surface area contributed by atoms with Crippen LogP contribution in [0.1, 0.15) is 36.8 Å². The molecule has 0 radical (unpaired) electrons. The van der Waals surface area contributed by atoms with Crippen molar-refractivity contribution >= 4 is 5.97 Å². The number of hydrogen-bond donors (Lipinski definition) is 2. The zero-order valence-corrected chi connectivity index (χ0v) is 19.0. The zero-order valence-electron chi connectivity index (χ0n) is 19.0. The van der Waals surface area contributed by atoms with Crippen LogP contribution in [-0.4, -0.2) is 60.9 Å². The molecule has 0 aliphatic carbocycles. The predicted octanol–water partition coefficient (Wildman–Crippen LogP) is 3.91. The molecule has 2 unspecified atom stereocenters. The molecule has 2 N–H and O–H groups in total. The maximum atomic E-state index is 11.8. The van der Waals surface area contributed by atoms with Crippen LogP contribution < -0.4 is 10.1 Å². The van der Waals surface area contributed by atoms with Crippen molar-refractivity contribution in [2.75, 3.05) is 39.3 Å². The molecule has 0 saturated carbocycles. The fourth-order valence-corrected chi connectivity index (χ4v) is 5.58. The van der Waals surface area contributed by atoms with Gasteiger partial charge in [0, 0.05) is 38.8 Å². The average Bonchev–Trinajstić information content (AvgIpc) is 2.85. The number of quaternary nitrogens is 1. The van der Waals surface area contributed by atoms with Gasteiger partial charge in [-0.2, -0.15) is 0 Å². The second-order valence-corrected chi connectivity index (χ2v) is 9.48. The first kappa shape index (κ1) is 22.8. The Bertz CT molecular complexity index is 849. The maximum Gasteiger partial charge on any atom is 0.312 e. The number of nitrogens with one attached hydrogen (secondary N) is 1. The highest BCUT2D eigenvalue weighted by molar-refractivity contribution is 5.70. The highest BCUT2D eigenvalue weighted by Crippen LogP contribution is 2.31. The molecule has 172 valence electrons. The molecule has 2 aromatic carbocycles. The van der Waals surface area contributed by atoms with E-state index in [4.69, 9.17) is 4.74 Å². The summed E-state index contributed by atoms with van der Waals surface area (Å²) in [6, 6.07) is 19.5. The number of nitrogens with zero attached hydrogens (tertiary/aromatic N) is 1. The Morgan fingerprint density at radius 3 is 2.41 bits per heavy atom. The lowest BCUT2D eigenvalue weighted by Crippen LogP contribution is -2.63. The highest BCUT2D eigenvalue weighted by Gasteiger charge is 2.43. The third-order valence-electron chi connectivity index (χ3n) is 7.44. The molecule has 0 aromatic heterocycles. The molecular formula is C27H37N2O3+. The van der Waals surface area contributed by atoms with Crippen LogP contribution in [0.25, 0.3) is 0 Å². The van der Waals surface area contributed by atoms with Crippen LogP contribution in [0.4, 0.5) is 0 Å². The van der Waals surface area contributed by atoms with E-state index in [1.807, 2.05) is 6.07 Å². The van der Waals surface area contributed by atoms with Crippen molar-refractivity contribution < 1.29 is 19.1 Å². The van der Waals surface area contributed by atoms with Gasteiger partial charge in [-0.1, -0.05) is 42.5 Å². The highest BCUT2D eigenvalue weighted by atomic mass is 16.5. The number of carbonyl (C=O) groups is 1. The first-order chi connectivity index (χ1) is 15.6. The monoisotopic (exact) mass is 437 g/mol. The van der Waals surface area contributed by atoms with Crippen LogP contribution in [0.15, 0.2) is 54.6 Å². The van der Waals surface area contributed by atoms with Gasteiger partial charge in [-0.15, -0.1) is 0 Å². The van der Waals surface area contributed by atoms with Gasteiger partial charge in [-0.05, 0) is 36.1 Å². The van der Waals surface area contributed by atoms with E-state index in [1.54, 1.807) is 0 Å². The lowest BCUT2D eigenvalue weighted by molar-refractivity contribution is -0.958. The van der Waals surface area contributed by atoms with Gasteiger partial charge >= 0.3 is 5.97 Å². The normalized spacial score (nSPS) is 24.2. The Hall–Kier alpha value is -2.37. The fraction of sp³-hybridized carbons (Fsp3) is 0.519. The van der Waals surface area contributed by atoms with Gasteiger partial charge in [-0.25, -0.2) is 0 Å². The number of piperidine rings is 2. The maximum absolute atomic E-state index is 11.8. The van der Waals surface area contributed by atoms with E-state index in [2.05, 4.69) is 53.8 Å². The molecule has 0 bridgehead atoms. The summed E-state index contributed by atoms with van der Waals surface area (Å²) in [5, 5.41) is 13.2. The molecule has 32 heavy (non-hydrogen) atoms. The molecule has 5 heteroatoms. The van der Waals surface area contributed by atoms with E-state index in [9.17, 15) is 9.90 Å². The summed E-state index contributed by atoms with van der Waals surface area (Å²) in [6.45, 7) is 5.73. The third kappa shape index (κ3) is 5.90. The number of carboxylic acids is 1. The van der Waals surface area contributed by atoms with E-state index < -0.39 is 5.97 Å². The van der Waals surface area contributed by atoms with Gasteiger partial charge in [0.25, 0.3) is 0 Å². The predicted molar refractivity (Wildman–Crippen MR) is 127 cm³/mol. The number of ether oxygens (including phenoxy) is 1. The molecule has 2 aliphatic rings.